The van der Waals surface area contributed by atoms with Gasteiger partial charge in [-0.15, -0.1) is 0 Å². The van der Waals surface area contributed by atoms with Crippen LogP contribution in [0.2, 0.25) is 10.0 Å². The lowest BCUT2D eigenvalue weighted by Gasteiger charge is -2.34. The topological polar surface area (TPSA) is 38.2 Å². The zero-order valence-corrected chi connectivity index (χ0v) is 16.7. The first-order valence-electron chi connectivity index (χ1n) is 9.07. The number of morpholine rings is 1. The van der Waals surface area contributed by atoms with Gasteiger partial charge in [0.05, 0.1) is 30.0 Å². The largest absolute Gasteiger partial charge is 0.379 e. The fourth-order valence-electron chi connectivity index (χ4n) is 3.26. The minimum Gasteiger partial charge on any atom is -0.379 e. The van der Waals surface area contributed by atoms with Gasteiger partial charge in [-0.3, -0.25) is 14.9 Å². The van der Waals surface area contributed by atoms with E-state index in [1.165, 1.54) is 0 Å². The fourth-order valence-corrected chi connectivity index (χ4v) is 3.76. The number of pyridine rings is 2. The molecular formula is C22H19Cl2N3O. The van der Waals surface area contributed by atoms with E-state index in [1.807, 2.05) is 36.5 Å². The molecule has 0 aliphatic carbocycles. The first-order valence-corrected chi connectivity index (χ1v) is 9.83. The summed E-state index contributed by atoms with van der Waals surface area (Å²) in [6, 6.07) is 14.6. The Morgan fingerprint density at radius 3 is 2.61 bits per heavy atom. The van der Waals surface area contributed by atoms with Crippen LogP contribution in [0.15, 0.2) is 61.1 Å². The summed E-state index contributed by atoms with van der Waals surface area (Å²) in [7, 11) is 0. The van der Waals surface area contributed by atoms with Crippen molar-refractivity contribution in [2.75, 3.05) is 26.3 Å². The van der Waals surface area contributed by atoms with Gasteiger partial charge in [-0.25, -0.2) is 0 Å². The Bertz CT molecular complexity index is 930. The van der Waals surface area contributed by atoms with E-state index in [0.717, 1.165) is 41.5 Å². The SMILES string of the molecule is Clc1ccc(-c2ncccc2[CH][C](c2cccnc2)N2CCOCC2)c(Cl)c1. The Morgan fingerprint density at radius 2 is 1.86 bits per heavy atom. The molecular weight excluding hydrogens is 393 g/mol. The van der Waals surface area contributed by atoms with E-state index >= 15 is 0 Å². The predicted octanol–water partition coefficient (Wildman–Crippen LogP) is 4.92. The molecule has 1 saturated heterocycles. The smallest absolute Gasteiger partial charge is 0.0789 e. The van der Waals surface area contributed by atoms with Crippen LogP contribution in [-0.4, -0.2) is 41.2 Å². The molecule has 1 aliphatic rings. The Hall–Kier alpha value is -1.98. The molecule has 0 saturated carbocycles. The molecule has 3 aromatic rings. The molecule has 0 atom stereocenters. The monoisotopic (exact) mass is 411 g/mol. The van der Waals surface area contributed by atoms with E-state index in [2.05, 4.69) is 27.4 Å². The summed E-state index contributed by atoms with van der Waals surface area (Å²) in [5, 5.41) is 1.18. The van der Waals surface area contributed by atoms with Gasteiger partial charge in [0.1, 0.15) is 0 Å². The average Bonchev–Trinajstić information content (AvgIpc) is 2.74. The highest BCUT2D eigenvalue weighted by Crippen LogP contribution is 2.34. The molecule has 1 aromatic carbocycles. The van der Waals surface area contributed by atoms with E-state index in [9.17, 15) is 0 Å². The first-order chi connectivity index (χ1) is 13.7. The maximum absolute atomic E-state index is 6.46. The molecule has 2 radical (unpaired) electrons. The van der Waals surface area contributed by atoms with Gasteiger partial charge in [0.15, 0.2) is 0 Å². The highest BCUT2D eigenvalue weighted by atomic mass is 35.5. The second-order valence-corrected chi connectivity index (χ2v) is 7.28. The molecule has 3 heterocycles. The second kappa shape index (κ2) is 9.01. The van der Waals surface area contributed by atoms with Crippen LogP contribution in [0, 0.1) is 12.5 Å². The third kappa shape index (κ3) is 4.36. The third-order valence-electron chi connectivity index (χ3n) is 4.63. The van der Waals surface area contributed by atoms with Crippen LogP contribution >= 0.6 is 23.2 Å². The molecule has 142 valence electrons. The van der Waals surface area contributed by atoms with Gasteiger partial charge in [-0.1, -0.05) is 35.3 Å². The molecule has 0 unspecified atom stereocenters. The zero-order valence-electron chi connectivity index (χ0n) is 15.2. The number of aromatic nitrogens is 2. The van der Waals surface area contributed by atoms with Crippen molar-refractivity contribution in [3.8, 4) is 11.3 Å². The quantitative estimate of drug-likeness (QED) is 0.597. The van der Waals surface area contributed by atoms with E-state index in [0.29, 0.717) is 23.3 Å². The summed E-state index contributed by atoms with van der Waals surface area (Å²) in [6.45, 7) is 3.08. The standard InChI is InChI=1S/C22H19Cl2N3O/c23-18-5-6-19(20(24)14-18)22-16(3-2-8-26-22)13-21(17-4-1-7-25-15-17)27-9-11-28-12-10-27/h1-8,13-15H,9-12H2. The number of hydrogen-bond acceptors (Lipinski definition) is 4. The number of halogens is 2. The van der Waals surface area contributed by atoms with Crippen LogP contribution < -0.4 is 0 Å². The maximum atomic E-state index is 6.46. The Labute approximate surface area is 175 Å². The molecule has 1 fully saturated rings. The first kappa shape index (κ1) is 19.3. The number of ether oxygens (including phenoxy) is 1. The van der Waals surface area contributed by atoms with E-state index < -0.39 is 0 Å². The lowest BCUT2D eigenvalue weighted by Crippen LogP contribution is -2.40. The van der Waals surface area contributed by atoms with Crippen molar-refractivity contribution in [1.29, 1.82) is 0 Å². The number of benzene rings is 1. The van der Waals surface area contributed by atoms with Crippen LogP contribution in [0.25, 0.3) is 11.3 Å². The van der Waals surface area contributed by atoms with Crippen LogP contribution in [-0.2, 0) is 4.74 Å². The molecule has 0 amide bonds. The van der Waals surface area contributed by atoms with Crippen LogP contribution in [0.4, 0.5) is 0 Å². The highest BCUT2D eigenvalue weighted by Gasteiger charge is 2.26. The molecule has 4 rings (SSSR count). The van der Waals surface area contributed by atoms with Gasteiger partial charge in [0, 0.05) is 48.7 Å². The van der Waals surface area contributed by atoms with Crippen LogP contribution in [0.3, 0.4) is 0 Å². The summed E-state index contributed by atoms with van der Waals surface area (Å²) in [5.74, 6) is 0. The summed E-state index contributed by atoms with van der Waals surface area (Å²) < 4.78 is 5.53. The molecule has 28 heavy (non-hydrogen) atoms. The number of nitrogens with zero attached hydrogens (tertiary/aromatic N) is 3. The number of hydrogen-bond donors (Lipinski definition) is 0. The van der Waals surface area contributed by atoms with Crippen molar-refractivity contribution in [3.05, 3.63) is 94.7 Å². The van der Waals surface area contributed by atoms with Crippen LogP contribution in [0.1, 0.15) is 11.1 Å². The van der Waals surface area contributed by atoms with Crippen molar-refractivity contribution in [3.63, 3.8) is 0 Å². The second-order valence-electron chi connectivity index (χ2n) is 6.44. The van der Waals surface area contributed by atoms with Gasteiger partial charge < -0.3 is 4.74 Å². The van der Waals surface area contributed by atoms with Crippen LogP contribution in [0.5, 0.6) is 0 Å². The Kier molecular flexibility index (Phi) is 6.23. The van der Waals surface area contributed by atoms with Gasteiger partial charge >= 0.3 is 0 Å². The van der Waals surface area contributed by atoms with Crippen molar-refractivity contribution in [1.82, 2.24) is 14.9 Å². The predicted molar refractivity (Wildman–Crippen MR) is 112 cm³/mol. The van der Waals surface area contributed by atoms with E-state index in [4.69, 9.17) is 27.9 Å². The lowest BCUT2D eigenvalue weighted by atomic mass is 9.95. The van der Waals surface area contributed by atoms with Crippen molar-refractivity contribution in [2.45, 2.75) is 0 Å². The summed E-state index contributed by atoms with van der Waals surface area (Å²) >= 11 is 12.5. The van der Waals surface area contributed by atoms with Crippen molar-refractivity contribution < 1.29 is 4.74 Å². The van der Waals surface area contributed by atoms with Crippen molar-refractivity contribution in [2.24, 2.45) is 0 Å². The molecule has 0 bridgehead atoms. The summed E-state index contributed by atoms with van der Waals surface area (Å²) in [5.41, 5.74) is 3.71. The number of rotatable bonds is 5. The van der Waals surface area contributed by atoms with E-state index in [-0.39, 0.29) is 0 Å². The highest BCUT2D eigenvalue weighted by molar-refractivity contribution is 6.36. The van der Waals surface area contributed by atoms with Gasteiger partial charge in [0.2, 0.25) is 0 Å². The minimum absolute atomic E-state index is 0.579. The molecule has 2 aromatic heterocycles. The fraction of sp³-hybridized carbons (Fsp3) is 0.182. The summed E-state index contributed by atoms with van der Waals surface area (Å²) in [4.78, 5) is 11.2. The molecule has 4 nitrogen and oxygen atoms in total. The molecule has 6 heteroatoms. The maximum Gasteiger partial charge on any atom is 0.0789 e. The summed E-state index contributed by atoms with van der Waals surface area (Å²) in [6.07, 6.45) is 7.59. The van der Waals surface area contributed by atoms with Gasteiger partial charge in [0.25, 0.3) is 0 Å². The molecule has 0 N–H and O–H groups in total. The van der Waals surface area contributed by atoms with E-state index in [1.54, 1.807) is 18.5 Å². The minimum atomic E-state index is 0.579. The lowest BCUT2D eigenvalue weighted by molar-refractivity contribution is 0.0462. The van der Waals surface area contributed by atoms with Gasteiger partial charge in [-0.05, 0) is 41.5 Å². The average molecular weight is 412 g/mol. The normalized spacial score (nSPS) is 15.1. The van der Waals surface area contributed by atoms with Crippen molar-refractivity contribution >= 4 is 23.2 Å². The Balaban J connectivity index is 1.71. The third-order valence-corrected chi connectivity index (χ3v) is 5.17. The zero-order chi connectivity index (χ0) is 19.3. The van der Waals surface area contributed by atoms with Gasteiger partial charge in [-0.2, -0.15) is 0 Å². The molecule has 1 aliphatic heterocycles. The Morgan fingerprint density at radius 1 is 1.04 bits per heavy atom. The molecule has 0 spiro atoms.